The quantitative estimate of drug-likeness (QED) is 0.586. The molecular formula is C11H15NO2. The van der Waals surface area contributed by atoms with E-state index in [0.717, 1.165) is 0 Å². The molecule has 0 heterocycles. The highest BCUT2D eigenvalue weighted by molar-refractivity contribution is 5.65. The van der Waals surface area contributed by atoms with Crippen molar-refractivity contribution in [3.63, 3.8) is 0 Å². The molecule has 0 amide bonds. The summed E-state index contributed by atoms with van der Waals surface area (Å²) in [4.78, 5) is 10.5. The number of hydrogen-bond acceptors (Lipinski definition) is 3. The average Bonchev–Trinajstić information content (AvgIpc) is 2.18. The molecule has 0 aliphatic carbocycles. The molecule has 3 heteroatoms. The van der Waals surface area contributed by atoms with Gasteiger partial charge in [0.2, 0.25) is 0 Å². The van der Waals surface area contributed by atoms with Crippen LogP contribution in [0.2, 0.25) is 0 Å². The van der Waals surface area contributed by atoms with Gasteiger partial charge in [-0.05, 0) is 12.5 Å². The van der Waals surface area contributed by atoms with Gasteiger partial charge >= 0.3 is 5.97 Å². The number of benzene rings is 1. The molecule has 0 saturated carbocycles. The van der Waals surface area contributed by atoms with E-state index >= 15 is 0 Å². The van der Waals surface area contributed by atoms with Crippen LogP contribution < -0.4 is 5.32 Å². The first kappa shape index (κ1) is 10.7. The van der Waals surface area contributed by atoms with Crippen molar-refractivity contribution in [3.05, 3.63) is 35.9 Å². The van der Waals surface area contributed by atoms with E-state index in [9.17, 15) is 4.79 Å². The molecule has 3 nitrogen and oxygen atoms in total. The van der Waals surface area contributed by atoms with Gasteiger partial charge in [0.05, 0.1) is 0 Å². The number of esters is 1. The number of rotatable bonds is 4. The van der Waals surface area contributed by atoms with E-state index < -0.39 is 0 Å². The van der Waals surface area contributed by atoms with Crippen LogP contribution in [0.4, 0.5) is 0 Å². The van der Waals surface area contributed by atoms with Gasteiger partial charge in [0.25, 0.3) is 0 Å². The summed E-state index contributed by atoms with van der Waals surface area (Å²) in [6, 6.07) is 10.2. The predicted octanol–water partition coefficient (Wildman–Crippen LogP) is 1.86. The highest BCUT2D eigenvalue weighted by Gasteiger charge is 2.03. The number of carbonyl (C=O) groups is 1. The van der Waals surface area contributed by atoms with Gasteiger partial charge in [0.15, 0.2) is 0 Å². The Morgan fingerprint density at radius 2 is 2.07 bits per heavy atom. The molecule has 1 aromatic rings. The molecule has 0 saturated heterocycles. The third kappa shape index (κ3) is 3.58. The van der Waals surface area contributed by atoms with Crippen LogP contribution in [0.25, 0.3) is 0 Å². The molecule has 0 fully saturated rings. The SMILES string of the molecule is CC(=O)OCN[C@H](C)c1ccccc1. The van der Waals surface area contributed by atoms with Gasteiger partial charge in [0.1, 0.15) is 6.73 Å². The molecule has 14 heavy (non-hydrogen) atoms. The first-order valence-electron chi connectivity index (χ1n) is 4.62. The molecule has 0 aliphatic rings. The summed E-state index contributed by atoms with van der Waals surface area (Å²) >= 11 is 0. The molecule has 0 unspecified atom stereocenters. The fourth-order valence-electron chi connectivity index (χ4n) is 1.13. The largest absolute Gasteiger partial charge is 0.450 e. The van der Waals surface area contributed by atoms with E-state index in [0.29, 0.717) is 0 Å². The van der Waals surface area contributed by atoms with E-state index in [1.54, 1.807) is 0 Å². The smallest absolute Gasteiger partial charge is 0.303 e. The zero-order valence-corrected chi connectivity index (χ0v) is 8.49. The Balaban J connectivity index is 2.36. The van der Waals surface area contributed by atoms with Gasteiger partial charge in [0, 0.05) is 13.0 Å². The average molecular weight is 193 g/mol. The molecular weight excluding hydrogens is 178 g/mol. The summed E-state index contributed by atoms with van der Waals surface area (Å²) in [5.74, 6) is -0.266. The van der Waals surface area contributed by atoms with Crippen LogP contribution >= 0.6 is 0 Å². The van der Waals surface area contributed by atoms with E-state index in [2.05, 4.69) is 5.32 Å². The van der Waals surface area contributed by atoms with Gasteiger partial charge in [-0.25, -0.2) is 0 Å². The van der Waals surface area contributed by atoms with Crippen molar-refractivity contribution in [2.45, 2.75) is 19.9 Å². The Bertz CT molecular complexity index is 285. The van der Waals surface area contributed by atoms with E-state index in [4.69, 9.17) is 4.74 Å². The third-order valence-electron chi connectivity index (χ3n) is 1.96. The van der Waals surface area contributed by atoms with Crippen molar-refractivity contribution in [3.8, 4) is 0 Å². The van der Waals surface area contributed by atoms with Gasteiger partial charge in [-0.15, -0.1) is 0 Å². The summed E-state index contributed by atoms with van der Waals surface area (Å²) in [5.41, 5.74) is 1.18. The lowest BCUT2D eigenvalue weighted by atomic mass is 10.1. The number of hydrogen-bond donors (Lipinski definition) is 1. The van der Waals surface area contributed by atoms with Gasteiger partial charge in [-0.3, -0.25) is 10.1 Å². The van der Waals surface area contributed by atoms with Crippen LogP contribution in [0.3, 0.4) is 0 Å². The fraction of sp³-hybridized carbons (Fsp3) is 0.364. The van der Waals surface area contributed by atoms with Gasteiger partial charge in [-0.2, -0.15) is 0 Å². The molecule has 1 aromatic carbocycles. The second-order valence-electron chi connectivity index (χ2n) is 3.12. The molecule has 1 N–H and O–H groups in total. The number of carbonyl (C=O) groups excluding carboxylic acids is 1. The molecule has 0 spiro atoms. The first-order chi connectivity index (χ1) is 6.70. The minimum atomic E-state index is -0.266. The predicted molar refractivity (Wildman–Crippen MR) is 54.6 cm³/mol. The molecule has 1 rings (SSSR count). The van der Waals surface area contributed by atoms with Gasteiger partial charge in [-0.1, -0.05) is 30.3 Å². The van der Waals surface area contributed by atoms with Crippen molar-refractivity contribution in [1.82, 2.24) is 5.32 Å². The Morgan fingerprint density at radius 3 is 2.64 bits per heavy atom. The Kier molecular flexibility index (Phi) is 4.13. The van der Waals surface area contributed by atoms with E-state index in [1.807, 2.05) is 37.3 Å². The molecule has 0 radical (unpaired) electrons. The molecule has 0 bridgehead atoms. The van der Waals surface area contributed by atoms with Crippen molar-refractivity contribution < 1.29 is 9.53 Å². The minimum Gasteiger partial charge on any atom is -0.450 e. The number of nitrogens with one attached hydrogen (secondary N) is 1. The second kappa shape index (κ2) is 5.40. The standard InChI is InChI=1S/C11H15NO2/c1-9(12-8-14-10(2)13)11-6-4-3-5-7-11/h3-7,9,12H,8H2,1-2H3/t9-/m1/s1. The maximum Gasteiger partial charge on any atom is 0.303 e. The summed E-state index contributed by atoms with van der Waals surface area (Å²) in [7, 11) is 0. The van der Waals surface area contributed by atoms with Crippen LogP contribution in [-0.2, 0) is 9.53 Å². The normalized spacial score (nSPS) is 12.1. The lowest BCUT2D eigenvalue weighted by Crippen LogP contribution is -2.23. The van der Waals surface area contributed by atoms with E-state index in [-0.39, 0.29) is 18.7 Å². The Hall–Kier alpha value is -1.35. The maximum atomic E-state index is 10.5. The molecule has 0 aromatic heterocycles. The molecule has 1 atom stereocenters. The second-order valence-corrected chi connectivity index (χ2v) is 3.12. The number of ether oxygens (including phenoxy) is 1. The van der Waals surface area contributed by atoms with Crippen LogP contribution in [0.1, 0.15) is 25.5 Å². The summed E-state index contributed by atoms with van der Waals surface area (Å²) in [6.07, 6.45) is 0. The van der Waals surface area contributed by atoms with Gasteiger partial charge < -0.3 is 4.74 Å². The molecule has 76 valence electrons. The topological polar surface area (TPSA) is 38.3 Å². The van der Waals surface area contributed by atoms with Crippen molar-refractivity contribution in [2.24, 2.45) is 0 Å². The Labute approximate surface area is 84.1 Å². The van der Waals surface area contributed by atoms with Crippen LogP contribution in [0.15, 0.2) is 30.3 Å². The lowest BCUT2D eigenvalue weighted by molar-refractivity contribution is -0.141. The monoisotopic (exact) mass is 193 g/mol. The third-order valence-corrected chi connectivity index (χ3v) is 1.96. The summed E-state index contributed by atoms with van der Waals surface area (Å²) in [5, 5.41) is 3.09. The fourth-order valence-corrected chi connectivity index (χ4v) is 1.13. The first-order valence-corrected chi connectivity index (χ1v) is 4.62. The highest BCUT2D eigenvalue weighted by Crippen LogP contribution is 2.10. The maximum absolute atomic E-state index is 10.5. The van der Waals surface area contributed by atoms with Crippen LogP contribution in [-0.4, -0.2) is 12.7 Å². The minimum absolute atomic E-state index is 0.190. The summed E-state index contributed by atoms with van der Waals surface area (Å²) < 4.78 is 4.78. The van der Waals surface area contributed by atoms with Crippen LogP contribution in [0.5, 0.6) is 0 Å². The zero-order chi connectivity index (χ0) is 10.4. The summed E-state index contributed by atoms with van der Waals surface area (Å²) in [6.45, 7) is 3.68. The zero-order valence-electron chi connectivity index (χ0n) is 8.49. The van der Waals surface area contributed by atoms with Crippen LogP contribution in [0, 0.1) is 0 Å². The van der Waals surface area contributed by atoms with Crippen molar-refractivity contribution in [1.29, 1.82) is 0 Å². The lowest BCUT2D eigenvalue weighted by Gasteiger charge is -2.13. The molecule has 0 aliphatic heterocycles. The van der Waals surface area contributed by atoms with Crippen molar-refractivity contribution in [2.75, 3.05) is 6.73 Å². The van der Waals surface area contributed by atoms with E-state index in [1.165, 1.54) is 12.5 Å². The van der Waals surface area contributed by atoms with Crippen molar-refractivity contribution >= 4 is 5.97 Å². The highest BCUT2D eigenvalue weighted by atomic mass is 16.5. The Morgan fingerprint density at radius 1 is 1.43 bits per heavy atom.